The van der Waals surface area contributed by atoms with Gasteiger partial charge in [0.15, 0.2) is 0 Å². The minimum Gasteiger partial charge on any atom is -0.466 e. The van der Waals surface area contributed by atoms with Gasteiger partial charge in [0, 0.05) is 57.1 Å². The molecule has 2 unspecified atom stereocenters. The van der Waals surface area contributed by atoms with Crippen molar-refractivity contribution in [3.8, 4) is 0 Å². The van der Waals surface area contributed by atoms with Gasteiger partial charge in [0.25, 0.3) is 0 Å². The maximum atomic E-state index is 14.7. The summed E-state index contributed by atoms with van der Waals surface area (Å²) < 4.78 is 39.4. The summed E-state index contributed by atoms with van der Waals surface area (Å²) in [5.41, 5.74) is 3.83. The largest absolute Gasteiger partial charge is 0.466 e. The van der Waals surface area contributed by atoms with E-state index in [-0.39, 0.29) is 53.7 Å². The first-order valence-electron chi connectivity index (χ1n) is 30.6. The van der Waals surface area contributed by atoms with Crippen molar-refractivity contribution in [2.24, 2.45) is 0 Å². The third-order valence-corrected chi connectivity index (χ3v) is 16.0. The Balaban J connectivity index is 0.920. The zero-order valence-electron chi connectivity index (χ0n) is 52.5. The molecule has 90 heavy (non-hydrogen) atoms. The molecule has 2 heterocycles. The minimum atomic E-state index is -1.47. The van der Waals surface area contributed by atoms with Gasteiger partial charge in [-0.05, 0) is 148 Å². The van der Waals surface area contributed by atoms with Crippen LogP contribution in [0, 0.1) is 0 Å². The molecule has 2 saturated heterocycles. The van der Waals surface area contributed by atoms with Gasteiger partial charge in [-0.2, -0.15) is 0 Å². The molecule has 0 aromatic heterocycles. The predicted molar refractivity (Wildman–Crippen MR) is 342 cm³/mol. The molecule has 0 spiro atoms. The highest BCUT2D eigenvalue weighted by atomic mass is 16.7. The number of nitrogens with one attached hydrogen (secondary N) is 1. The van der Waals surface area contributed by atoms with Crippen molar-refractivity contribution < 1.29 is 66.7 Å². The second kappa shape index (κ2) is 29.1. The number of carbonyl (C=O) groups excluding carboxylic acids is 7. The number of hydrogen-bond donors (Lipinski definition) is 1. The lowest BCUT2D eigenvalue weighted by Gasteiger charge is -2.35. The highest BCUT2D eigenvalue weighted by Crippen LogP contribution is 2.37. The van der Waals surface area contributed by atoms with E-state index >= 15 is 0 Å². The number of carbonyl (C=O) groups is 7. The number of anilines is 3. The van der Waals surface area contributed by atoms with Gasteiger partial charge in [-0.3, -0.25) is 24.7 Å². The number of nitrogens with zero attached hydrogens (tertiary/aromatic N) is 4. The summed E-state index contributed by atoms with van der Waals surface area (Å²) in [7, 11) is 0. The molecule has 6 atom stereocenters. The molecule has 0 radical (unpaired) electrons. The van der Waals surface area contributed by atoms with Gasteiger partial charge in [0.1, 0.15) is 5.60 Å². The van der Waals surface area contributed by atoms with Crippen molar-refractivity contribution in [1.29, 1.82) is 0 Å². The van der Waals surface area contributed by atoms with Crippen LogP contribution in [0.5, 0.6) is 0 Å². The topological polar surface area (TPSA) is 209 Å². The van der Waals surface area contributed by atoms with E-state index in [0.717, 1.165) is 55.2 Å². The number of benzene rings is 7. The third-order valence-electron chi connectivity index (χ3n) is 16.0. The standard InChI is InChI=1S/C71H79N5O14/c1-10-84-64(77)38-49-26-30-56(31-27-49)73-36-34-58(43-73)75(45(3)60-24-16-20-51-18-12-14-22-62(51)60)69(82)88-47(5)86-66(79)53-40-54(42-55(41-53)72-68(81)90-71(7,8)9)67(80)87-48(6)89-70(83)76(46(4)61-25-17-21-52-19-13-15-23-63(52)61)59-35-37-74(44-59)57-32-28-50(29-33-57)39-65(78)85-11-2/h12-33,40-42,45-48,58-59H,10-11,34-39,43-44H2,1-9H3,(H,72,81)/t45-,46-,47?,48?,58+,59+/m1/s1. The summed E-state index contributed by atoms with van der Waals surface area (Å²) in [6, 6.07) is 45.0. The molecule has 19 heteroatoms. The Morgan fingerprint density at radius 1 is 0.522 bits per heavy atom. The fraction of sp³-hybridized carbons (Fsp3) is 0.366. The van der Waals surface area contributed by atoms with Crippen LogP contribution in [0.25, 0.3) is 21.5 Å². The van der Waals surface area contributed by atoms with E-state index in [4.69, 9.17) is 33.2 Å². The van der Waals surface area contributed by atoms with Crippen molar-refractivity contribution in [2.45, 2.75) is 130 Å². The van der Waals surface area contributed by atoms with E-state index in [9.17, 15) is 33.6 Å². The molecule has 0 bridgehead atoms. The lowest BCUT2D eigenvalue weighted by atomic mass is 9.97. The van der Waals surface area contributed by atoms with E-state index < -0.39 is 60.5 Å². The van der Waals surface area contributed by atoms with Gasteiger partial charge in [0.05, 0.1) is 61.3 Å². The lowest BCUT2D eigenvalue weighted by molar-refractivity contribution is -0.143. The first kappa shape index (κ1) is 64.8. The average Bonchev–Trinajstić information content (AvgIpc) is 1.43. The molecule has 0 aliphatic carbocycles. The van der Waals surface area contributed by atoms with E-state index in [0.29, 0.717) is 52.2 Å². The smallest absolute Gasteiger partial charge is 0.413 e. The zero-order chi connectivity index (χ0) is 64.2. The van der Waals surface area contributed by atoms with Crippen LogP contribution in [0.2, 0.25) is 0 Å². The number of ether oxygens (including phenoxy) is 7. The van der Waals surface area contributed by atoms with Crippen molar-refractivity contribution >= 4 is 80.8 Å². The Hall–Kier alpha value is -9.65. The SMILES string of the molecule is CCOC(=O)Cc1ccc(N2CC[C@H](N(C(=O)OC(C)OC(=O)c3cc(NC(=O)OC(C)(C)C)cc(C(=O)OC(C)OC(=O)N([C@H]4CCN(c5ccc(CC(=O)OCC)cc5)C4)[C@H](C)c4cccc5ccccc45)c3)[C@H](C)c3cccc4ccccc34)C2)cc1. The fourth-order valence-corrected chi connectivity index (χ4v) is 11.8. The minimum absolute atomic E-state index is 0.0380. The Kier molecular flexibility index (Phi) is 21.0. The quantitative estimate of drug-likeness (QED) is 0.0403. The lowest BCUT2D eigenvalue weighted by Crippen LogP contribution is -2.45. The third kappa shape index (κ3) is 16.3. The van der Waals surface area contributed by atoms with Crippen LogP contribution < -0.4 is 15.1 Å². The van der Waals surface area contributed by atoms with Crippen LogP contribution >= 0.6 is 0 Å². The van der Waals surface area contributed by atoms with Crippen LogP contribution in [0.4, 0.5) is 31.4 Å². The average molecular weight is 1230 g/mol. The Bertz CT molecular complexity index is 3480. The summed E-state index contributed by atoms with van der Waals surface area (Å²) in [4.78, 5) is 103. The van der Waals surface area contributed by atoms with Crippen LogP contribution in [0.3, 0.4) is 0 Å². The molecule has 472 valence electrons. The first-order valence-corrected chi connectivity index (χ1v) is 30.6. The van der Waals surface area contributed by atoms with Crippen molar-refractivity contribution in [3.63, 3.8) is 0 Å². The van der Waals surface area contributed by atoms with Gasteiger partial charge >= 0.3 is 42.2 Å². The van der Waals surface area contributed by atoms with Crippen LogP contribution in [-0.2, 0) is 55.6 Å². The summed E-state index contributed by atoms with van der Waals surface area (Å²) in [5.74, 6) is -2.64. The Morgan fingerprint density at radius 2 is 0.922 bits per heavy atom. The highest BCUT2D eigenvalue weighted by molar-refractivity contribution is 5.99. The molecule has 7 aromatic carbocycles. The molecule has 0 saturated carbocycles. The Labute approximate surface area is 525 Å². The van der Waals surface area contributed by atoms with Gasteiger partial charge in [-0.25, -0.2) is 24.0 Å². The second-order valence-electron chi connectivity index (χ2n) is 23.5. The molecule has 2 aliphatic heterocycles. The van der Waals surface area contributed by atoms with E-state index in [1.165, 1.54) is 32.0 Å². The number of rotatable bonds is 21. The number of amides is 3. The number of hydrogen-bond acceptors (Lipinski definition) is 16. The van der Waals surface area contributed by atoms with E-state index in [1.54, 1.807) is 44.4 Å². The van der Waals surface area contributed by atoms with Gasteiger partial charge in [0.2, 0.25) is 12.6 Å². The summed E-state index contributed by atoms with van der Waals surface area (Å²) in [6.07, 6.45) is -3.84. The van der Waals surface area contributed by atoms with Crippen molar-refractivity contribution in [3.05, 3.63) is 185 Å². The van der Waals surface area contributed by atoms with E-state index in [2.05, 4.69) is 15.1 Å². The predicted octanol–water partition coefficient (Wildman–Crippen LogP) is 13.5. The van der Waals surface area contributed by atoms with Crippen LogP contribution in [-0.4, -0.2) is 122 Å². The monoisotopic (exact) mass is 1230 g/mol. The second-order valence-corrected chi connectivity index (χ2v) is 23.5. The zero-order valence-corrected chi connectivity index (χ0v) is 52.5. The molecule has 2 aliphatic rings. The molecular formula is C71H79N5O14. The number of fused-ring (bicyclic) bond motifs is 2. The first-order chi connectivity index (χ1) is 43.1. The molecule has 2 fully saturated rings. The summed E-state index contributed by atoms with van der Waals surface area (Å²) in [6.45, 7) is 18.0. The van der Waals surface area contributed by atoms with Crippen molar-refractivity contribution in [2.75, 3.05) is 54.5 Å². The Morgan fingerprint density at radius 3 is 1.32 bits per heavy atom. The molecule has 7 aromatic rings. The fourth-order valence-electron chi connectivity index (χ4n) is 11.8. The highest BCUT2D eigenvalue weighted by Gasteiger charge is 2.39. The molecule has 1 N–H and O–H groups in total. The number of esters is 4. The van der Waals surface area contributed by atoms with Gasteiger partial charge in [-0.1, -0.05) is 109 Å². The van der Waals surface area contributed by atoms with Crippen LogP contribution in [0.15, 0.2) is 152 Å². The van der Waals surface area contributed by atoms with Gasteiger partial charge in [-0.15, -0.1) is 0 Å². The molecule has 3 amide bonds. The van der Waals surface area contributed by atoms with Crippen LogP contribution in [0.1, 0.15) is 130 Å². The maximum Gasteiger partial charge on any atom is 0.413 e. The maximum absolute atomic E-state index is 14.7. The van der Waals surface area contributed by atoms with E-state index in [1.807, 2.05) is 147 Å². The van der Waals surface area contributed by atoms with Crippen molar-refractivity contribution in [1.82, 2.24) is 9.80 Å². The normalized spacial score (nSPS) is 16.1. The summed E-state index contributed by atoms with van der Waals surface area (Å²) in [5, 5.41) is 6.48. The molecule has 9 rings (SSSR count). The molecule has 19 nitrogen and oxygen atoms in total. The molecular weight excluding hydrogens is 1150 g/mol. The van der Waals surface area contributed by atoms with Gasteiger partial charge < -0.3 is 43.0 Å². The summed E-state index contributed by atoms with van der Waals surface area (Å²) >= 11 is 0.